The molecule has 0 saturated carbocycles. The van der Waals surface area contributed by atoms with Crippen LogP contribution in [0.25, 0.3) is 9.88 Å². The van der Waals surface area contributed by atoms with Crippen molar-refractivity contribution in [1.82, 2.24) is 15.8 Å². The molecule has 0 atom stereocenters. The van der Waals surface area contributed by atoms with Gasteiger partial charge in [-0.2, -0.15) is 0 Å². The van der Waals surface area contributed by atoms with Crippen molar-refractivity contribution in [3.8, 4) is 15.6 Å². The van der Waals surface area contributed by atoms with Crippen molar-refractivity contribution >= 4 is 34.5 Å². The van der Waals surface area contributed by atoms with Crippen molar-refractivity contribution in [2.45, 2.75) is 6.61 Å². The standard InChI is InChI=1S/C20H15N3O4S2/c24-18(15-12-29-20(21-15)17-7-4-10-28-17)22-23-19(25)16-9-8-14(27-16)11-26-13-5-2-1-3-6-13/h1-10,12H,11H2,(H,22,24)(H,23,25). The maximum atomic E-state index is 12.2. The molecule has 3 aromatic heterocycles. The van der Waals surface area contributed by atoms with E-state index in [9.17, 15) is 9.59 Å². The van der Waals surface area contributed by atoms with E-state index in [-0.39, 0.29) is 18.1 Å². The van der Waals surface area contributed by atoms with Gasteiger partial charge in [-0.25, -0.2) is 4.98 Å². The zero-order chi connectivity index (χ0) is 20.1. The van der Waals surface area contributed by atoms with Crippen molar-refractivity contribution < 1.29 is 18.7 Å². The minimum Gasteiger partial charge on any atom is -0.486 e. The van der Waals surface area contributed by atoms with E-state index in [2.05, 4.69) is 15.8 Å². The molecule has 2 amide bonds. The van der Waals surface area contributed by atoms with Crippen molar-refractivity contribution in [3.63, 3.8) is 0 Å². The van der Waals surface area contributed by atoms with Gasteiger partial charge in [-0.1, -0.05) is 24.3 Å². The fourth-order valence-electron chi connectivity index (χ4n) is 2.38. The molecule has 4 aromatic rings. The molecule has 2 N–H and O–H groups in total. The highest BCUT2D eigenvalue weighted by Gasteiger charge is 2.16. The van der Waals surface area contributed by atoms with E-state index in [1.54, 1.807) is 22.8 Å². The quantitative estimate of drug-likeness (QED) is 0.453. The molecule has 29 heavy (non-hydrogen) atoms. The molecule has 0 fully saturated rings. The number of furan rings is 1. The number of nitrogens with zero attached hydrogens (tertiary/aromatic N) is 1. The molecule has 0 aliphatic carbocycles. The van der Waals surface area contributed by atoms with E-state index < -0.39 is 11.8 Å². The lowest BCUT2D eigenvalue weighted by molar-refractivity contribution is 0.0826. The number of benzene rings is 1. The molecule has 3 heterocycles. The first-order valence-electron chi connectivity index (χ1n) is 8.56. The number of hydrogen-bond acceptors (Lipinski definition) is 7. The zero-order valence-corrected chi connectivity index (χ0v) is 16.6. The van der Waals surface area contributed by atoms with Crippen molar-refractivity contribution in [2.75, 3.05) is 0 Å². The van der Waals surface area contributed by atoms with E-state index in [0.717, 1.165) is 9.88 Å². The molecule has 0 aliphatic rings. The van der Waals surface area contributed by atoms with Gasteiger partial charge in [0.25, 0.3) is 5.91 Å². The lowest BCUT2D eigenvalue weighted by Crippen LogP contribution is -2.41. The van der Waals surface area contributed by atoms with Gasteiger partial charge in [0.2, 0.25) is 0 Å². The number of hydrazine groups is 1. The van der Waals surface area contributed by atoms with Crippen LogP contribution in [0.2, 0.25) is 0 Å². The van der Waals surface area contributed by atoms with Gasteiger partial charge < -0.3 is 9.15 Å². The van der Waals surface area contributed by atoms with Crippen molar-refractivity contribution in [1.29, 1.82) is 0 Å². The summed E-state index contributed by atoms with van der Waals surface area (Å²) in [5.41, 5.74) is 4.89. The number of thiazole rings is 1. The largest absolute Gasteiger partial charge is 0.486 e. The monoisotopic (exact) mass is 425 g/mol. The summed E-state index contributed by atoms with van der Waals surface area (Å²) in [6.45, 7) is 0.188. The Hall–Kier alpha value is -3.43. The van der Waals surface area contributed by atoms with Gasteiger partial charge in [0.1, 0.15) is 28.8 Å². The van der Waals surface area contributed by atoms with Gasteiger partial charge in [-0.3, -0.25) is 20.4 Å². The van der Waals surface area contributed by atoms with E-state index in [1.807, 2.05) is 47.8 Å². The lowest BCUT2D eigenvalue weighted by atomic mass is 10.3. The fraction of sp³-hybridized carbons (Fsp3) is 0.0500. The SMILES string of the molecule is O=C(NNC(=O)c1ccc(COc2ccccc2)o1)c1csc(-c2cccs2)n1. The van der Waals surface area contributed by atoms with Gasteiger partial charge in [-0.05, 0) is 35.7 Å². The molecule has 146 valence electrons. The van der Waals surface area contributed by atoms with Crippen LogP contribution in [-0.2, 0) is 6.61 Å². The van der Waals surface area contributed by atoms with Gasteiger partial charge in [0.05, 0.1) is 4.88 Å². The third-order valence-corrected chi connectivity index (χ3v) is 5.65. The first-order chi connectivity index (χ1) is 14.2. The van der Waals surface area contributed by atoms with E-state index >= 15 is 0 Å². The maximum Gasteiger partial charge on any atom is 0.305 e. The number of carbonyl (C=O) groups is 2. The van der Waals surface area contributed by atoms with Crippen LogP contribution < -0.4 is 15.6 Å². The number of nitrogens with one attached hydrogen (secondary N) is 2. The van der Waals surface area contributed by atoms with Gasteiger partial charge in [0, 0.05) is 5.38 Å². The summed E-state index contributed by atoms with van der Waals surface area (Å²) in [5.74, 6) is 0.182. The Morgan fingerprint density at radius 1 is 0.966 bits per heavy atom. The molecule has 0 saturated heterocycles. The zero-order valence-electron chi connectivity index (χ0n) is 15.0. The Labute approximate surface area is 173 Å². The maximum absolute atomic E-state index is 12.2. The molecule has 0 aliphatic heterocycles. The van der Waals surface area contributed by atoms with E-state index in [1.165, 1.54) is 17.4 Å². The molecule has 0 bridgehead atoms. The summed E-state index contributed by atoms with van der Waals surface area (Å²) < 4.78 is 11.0. The number of rotatable bonds is 6. The average molecular weight is 425 g/mol. The van der Waals surface area contributed by atoms with Gasteiger partial charge in [-0.15, -0.1) is 22.7 Å². The summed E-state index contributed by atoms with van der Waals surface area (Å²) in [6.07, 6.45) is 0. The highest BCUT2D eigenvalue weighted by atomic mass is 32.1. The Morgan fingerprint density at radius 3 is 2.59 bits per heavy atom. The van der Waals surface area contributed by atoms with E-state index in [4.69, 9.17) is 9.15 Å². The Morgan fingerprint density at radius 2 is 1.79 bits per heavy atom. The second kappa shape index (κ2) is 8.72. The predicted octanol–water partition coefficient (Wildman–Crippen LogP) is 4.12. The highest BCUT2D eigenvalue weighted by molar-refractivity contribution is 7.20. The number of para-hydroxylation sites is 1. The molecular formula is C20H15N3O4S2. The van der Waals surface area contributed by atoms with E-state index in [0.29, 0.717) is 11.5 Å². The Kier molecular flexibility index (Phi) is 5.68. The molecule has 4 rings (SSSR count). The molecule has 0 unspecified atom stereocenters. The van der Waals surface area contributed by atoms with Gasteiger partial charge in [0.15, 0.2) is 5.76 Å². The first kappa shape index (κ1) is 18.9. The summed E-state index contributed by atoms with van der Waals surface area (Å²) in [5, 5.41) is 4.34. The second-order valence-corrected chi connectivity index (χ2v) is 7.60. The van der Waals surface area contributed by atoms with Crippen LogP contribution >= 0.6 is 22.7 Å². The molecular weight excluding hydrogens is 410 g/mol. The van der Waals surface area contributed by atoms with Crippen LogP contribution in [0.5, 0.6) is 5.75 Å². The lowest BCUT2D eigenvalue weighted by Gasteiger charge is -2.04. The average Bonchev–Trinajstić information content (AvgIpc) is 3.51. The van der Waals surface area contributed by atoms with Crippen LogP contribution in [0, 0.1) is 0 Å². The van der Waals surface area contributed by atoms with Crippen LogP contribution in [0.15, 0.2) is 69.8 Å². The molecule has 7 nitrogen and oxygen atoms in total. The summed E-state index contributed by atoms with van der Waals surface area (Å²) in [7, 11) is 0. The van der Waals surface area contributed by atoms with Crippen LogP contribution in [0.4, 0.5) is 0 Å². The highest BCUT2D eigenvalue weighted by Crippen LogP contribution is 2.27. The Balaban J connectivity index is 1.29. The molecule has 0 radical (unpaired) electrons. The number of carbonyl (C=O) groups excluding carboxylic acids is 2. The number of thiophene rings is 1. The summed E-state index contributed by atoms with van der Waals surface area (Å²) >= 11 is 2.91. The van der Waals surface area contributed by atoms with Crippen molar-refractivity contribution in [2.24, 2.45) is 0 Å². The van der Waals surface area contributed by atoms with Crippen molar-refractivity contribution in [3.05, 3.63) is 82.6 Å². The molecule has 9 heteroatoms. The fourth-order valence-corrected chi connectivity index (χ4v) is 3.99. The van der Waals surface area contributed by atoms with Gasteiger partial charge >= 0.3 is 5.91 Å². The van der Waals surface area contributed by atoms with Crippen LogP contribution in [0.3, 0.4) is 0 Å². The number of aromatic nitrogens is 1. The third kappa shape index (κ3) is 4.71. The van der Waals surface area contributed by atoms with Crippen LogP contribution in [0.1, 0.15) is 26.8 Å². The smallest absolute Gasteiger partial charge is 0.305 e. The Bertz CT molecular complexity index is 1100. The minimum absolute atomic E-state index is 0.0644. The molecule has 0 spiro atoms. The summed E-state index contributed by atoms with van der Waals surface area (Å²) in [6, 6.07) is 16.3. The number of hydrogen-bond donors (Lipinski definition) is 2. The normalized spacial score (nSPS) is 10.5. The minimum atomic E-state index is -0.571. The predicted molar refractivity (Wildman–Crippen MR) is 110 cm³/mol. The summed E-state index contributed by atoms with van der Waals surface area (Å²) in [4.78, 5) is 29.7. The van der Waals surface area contributed by atoms with Crippen LogP contribution in [-0.4, -0.2) is 16.8 Å². The topological polar surface area (TPSA) is 93.5 Å². The second-order valence-electron chi connectivity index (χ2n) is 5.79. The number of amides is 2. The third-order valence-electron chi connectivity index (χ3n) is 3.77. The first-order valence-corrected chi connectivity index (χ1v) is 10.3. The number of ether oxygens (including phenoxy) is 1. The molecule has 1 aromatic carbocycles.